The van der Waals surface area contributed by atoms with E-state index in [-0.39, 0.29) is 13.2 Å². The quantitative estimate of drug-likeness (QED) is 0.259. The van der Waals surface area contributed by atoms with Crippen LogP contribution in [0.5, 0.6) is 0 Å². The minimum absolute atomic E-state index is 0.0350. The Morgan fingerprint density at radius 3 is 0.923 bits per heavy atom. The molecule has 2 atom stereocenters. The summed E-state index contributed by atoms with van der Waals surface area (Å²) in [6.07, 6.45) is -2.14. The van der Waals surface area contributed by atoms with Gasteiger partial charge in [-0.3, -0.25) is 0 Å². The highest BCUT2D eigenvalue weighted by atomic mass is 19.1. The van der Waals surface area contributed by atoms with E-state index in [1.54, 1.807) is 0 Å². The number of aliphatic hydroxyl groups excluding tert-OH is 2. The van der Waals surface area contributed by atoms with E-state index in [0.29, 0.717) is 66.1 Å². The van der Waals surface area contributed by atoms with E-state index in [2.05, 4.69) is 0 Å². The molecular weight excluding hydrogens is 358 g/mol. The molecule has 10 heteroatoms. The molecule has 8 nitrogen and oxygen atoms in total. The largest absolute Gasteiger partial charge is 0.388 e. The van der Waals surface area contributed by atoms with Crippen LogP contribution in [0.25, 0.3) is 0 Å². The van der Waals surface area contributed by atoms with Crippen LogP contribution in [0, 0.1) is 0 Å². The van der Waals surface area contributed by atoms with E-state index in [0.717, 1.165) is 0 Å². The maximum absolute atomic E-state index is 11.9. The Labute approximate surface area is 153 Å². The predicted molar refractivity (Wildman–Crippen MR) is 88.9 cm³/mol. The topological polar surface area (TPSA) is 95.8 Å². The van der Waals surface area contributed by atoms with Gasteiger partial charge in [0.15, 0.2) is 0 Å². The zero-order valence-electron chi connectivity index (χ0n) is 15.2. The van der Waals surface area contributed by atoms with Gasteiger partial charge in [0.2, 0.25) is 0 Å². The normalized spacial score (nSPS) is 13.8. The summed E-state index contributed by atoms with van der Waals surface area (Å²) in [4.78, 5) is 0. The number of hydrogen-bond donors (Lipinski definition) is 2. The lowest BCUT2D eigenvalue weighted by Gasteiger charge is -2.09. The van der Waals surface area contributed by atoms with E-state index in [1.807, 2.05) is 0 Å². The van der Waals surface area contributed by atoms with Gasteiger partial charge in [-0.15, -0.1) is 0 Å². The molecule has 0 saturated heterocycles. The van der Waals surface area contributed by atoms with Crippen LogP contribution < -0.4 is 0 Å². The first kappa shape index (κ1) is 25.5. The molecule has 26 heavy (non-hydrogen) atoms. The first-order valence-electron chi connectivity index (χ1n) is 8.65. The first-order chi connectivity index (χ1) is 12.7. The number of ether oxygens (including phenoxy) is 6. The van der Waals surface area contributed by atoms with Crippen molar-refractivity contribution in [1.82, 2.24) is 0 Å². The van der Waals surface area contributed by atoms with Crippen molar-refractivity contribution in [3.8, 4) is 0 Å². The molecule has 0 heterocycles. The summed E-state index contributed by atoms with van der Waals surface area (Å²) in [5.74, 6) is 0. The van der Waals surface area contributed by atoms with E-state index in [4.69, 9.17) is 38.6 Å². The molecule has 0 aromatic heterocycles. The van der Waals surface area contributed by atoms with E-state index < -0.39 is 25.6 Å². The maximum Gasteiger partial charge on any atom is 0.118 e. The van der Waals surface area contributed by atoms with Crippen molar-refractivity contribution < 1.29 is 47.4 Å². The van der Waals surface area contributed by atoms with Crippen molar-refractivity contribution in [3.63, 3.8) is 0 Å². The summed E-state index contributed by atoms with van der Waals surface area (Å²) in [5.41, 5.74) is 0. The zero-order valence-corrected chi connectivity index (χ0v) is 15.2. The molecule has 0 radical (unpaired) electrons. The van der Waals surface area contributed by atoms with Crippen LogP contribution >= 0.6 is 0 Å². The van der Waals surface area contributed by atoms with Gasteiger partial charge in [-0.1, -0.05) is 0 Å². The Morgan fingerprint density at radius 2 is 0.692 bits per heavy atom. The number of rotatable bonds is 21. The van der Waals surface area contributed by atoms with Gasteiger partial charge in [0, 0.05) is 0 Å². The Morgan fingerprint density at radius 1 is 0.462 bits per heavy atom. The molecule has 158 valence electrons. The average Bonchev–Trinajstić information content (AvgIpc) is 2.66. The SMILES string of the molecule is OC(CF)COCCOCCOCCOCCOCCOCC(O)CF. The van der Waals surface area contributed by atoms with Crippen LogP contribution in [-0.2, 0) is 28.4 Å². The standard InChI is InChI=1S/C16H32F2O8/c17-11-15(19)13-25-9-7-23-5-3-21-1-2-22-4-6-24-8-10-26-14-16(20)12-18/h15-16,19-20H,1-14H2. The third kappa shape index (κ3) is 19.9. The van der Waals surface area contributed by atoms with Gasteiger partial charge in [0.25, 0.3) is 0 Å². The van der Waals surface area contributed by atoms with Crippen molar-refractivity contribution in [1.29, 1.82) is 0 Å². The minimum Gasteiger partial charge on any atom is -0.388 e. The number of hydrogen-bond acceptors (Lipinski definition) is 8. The van der Waals surface area contributed by atoms with E-state index in [1.165, 1.54) is 0 Å². The molecule has 0 aromatic carbocycles. The number of aliphatic hydroxyl groups is 2. The van der Waals surface area contributed by atoms with Gasteiger partial charge in [-0.05, 0) is 0 Å². The van der Waals surface area contributed by atoms with Crippen molar-refractivity contribution in [2.75, 3.05) is 92.6 Å². The Kier molecular flexibility index (Phi) is 20.5. The summed E-state index contributed by atoms with van der Waals surface area (Å²) >= 11 is 0. The highest BCUT2D eigenvalue weighted by Crippen LogP contribution is 1.89. The van der Waals surface area contributed by atoms with Gasteiger partial charge in [-0.25, -0.2) is 8.78 Å². The smallest absolute Gasteiger partial charge is 0.118 e. The number of halogens is 2. The molecule has 0 bridgehead atoms. The van der Waals surface area contributed by atoms with Crippen molar-refractivity contribution in [3.05, 3.63) is 0 Å². The van der Waals surface area contributed by atoms with Crippen LogP contribution in [0.15, 0.2) is 0 Å². The van der Waals surface area contributed by atoms with Crippen LogP contribution in [0.1, 0.15) is 0 Å². The van der Waals surface area contributed by atoms with Gasteiger partial charge in [0.05, 0.1) is 79.3 Å². The molecule has 0 saturated carbocycles. The molecule has 0 aliphatic rings. The highest BCUT2D eigenvalue weighted by Gasteiger charge is 2.02. The molecule has 2 N–H and O–H groups in total. The van der Waals surface area contributed by atoms with Crippen LogP contribution in [-0.4, -0.2) is 115 Å². The Bertz CT molecular complexity index is 251. The van der Waals surface area contributed by atoms with Crippen molar-refractivity contribution in [2.24, 2.45) is 0 Å². The van der Waals surface area contributed by atoms with E-state index in [9.17, 15) is 8.78 Å². The third-order valence-electron chi connectivity index (χ3n) is 2.84. The van der Waals surface area contributed by atoms with Crippen molar-refractivity contribution in [2.45, 2.75) is 12.2 Å². The zero-order chi connectivity index (χ0) is 19.3. The monoisotopic (exact) mass is 390 g/mol. The van der Waals surface area contributed by atoms with Gasteiger partial charge in [-0.2, -0.15) is 0 Å². The lowest BCUT2D eigenvalue weighted by molar-refractivity contribution is -0.0298. The fraction of sp³-hybridized carbons (Fsp3) is 1.00. The van der Waals surface area contributed by atoms with Gasteiger partial charge < -0.3 is 38.6 Å². The van der Waals surface area contributed by atoms with Crippen LogP contribution in [0.3, 0.4) is 0 Å². The summed E-state index contributed by atoms with van der Waals surface area (Å²) in [7, 11) is 0. The Hall–Kier alpha value is -0.460. The van der Waals surface area contributed by atoms with E-state index >= 15 is 0 Å². The summed E-state index contributed by atoms with van der Waals surface area (Å²) in [5, 5.41) is 17.8. The summed E-state index contributed by atoms with van der Waals surface area (Å²) < 4.78 is 54.9. The molecule has 2 unspecified atom stereocenters. The lowest BCUT2D eigenvalue weighted by atomic mass is 10.4. The first-order valence-corrected chi connectivity index (χ1v) is 8.65. The second-order valence-corrected chi connectivity index (χ2v) is 5.22. The maximum atomic E-state index is 11.9. The fourth-order valence-electron chi connectivity index (χ4n) is 1.53. The summed E-state index contributed by atoms with van der Waals surface area (Å²) in [6, 6.07) is 0. The van der Waals surface area contributed by atoms with Crippen LogP contribution in [0.4, 0.5) is 8.78 Å². The second kappa shape index (κ2) is 20.8. The average molecular weight is 390 g/mol. The number of alkyl halides is 2. The molecule has 0 aliphatic carbocycles. The second-order valence-electron chi connectivity index (χ2n) is 5.22. The molecule has 0 amide bonds. The minimum atomic E-state index is -1.07. The van der Waals surface area contributed by atoms with Gasteiger partial charge in [0.1, 0.15) is 25.6 Å². The predicted octanol–water partition coefficient (Wildman–Crippen LogP) is -0.253. The third-order valence-corrected chi connectivity index (χ3v) is 2.84. The molecule has 0 aromatic rings. The highest BCUT2D eigenvalue weighted by molar-refractivity contribution is 4.49. The molecule has 0 aliphatic heterocycles. The lowest BCUT2D eigenvalue weighted by Crippen LogP contribution is -2.19. The molecule has 0 spiro atoms. The molecule has 0 rings (SSSR count). The van der Waals surface area contributed by atoms with Gasteiger partial charge >= 0.3 is 0 Å². The fourth-order valence-corrected chi connectivity index (χ4v) is 1.53. The Balaban J connectivity index is 3.03. The van der Waals surface area contributed by atoms with Crippen molar-refractivity contribution >= 4 is 0 Å². The molecule has 0 fully saturated rings. The molecular formula is C16H32F2O8. The van der Waals surface area contributed by atoms with Crippen LogP contribution in [0.2, 0.25) is 0 Å². The summed E-state index contributed by atoms with van der Waals surface area (Å²) in [6.45, 7) is 2.14.